The molecule has 2 heterocycles. The second-order valence-corrected chi connectivity index (χ2v) is 4.26. The number of likely N-dealkylation sites (tertiary alicyclic amines) is 1. The average molecular weight is 228 g/mol. The number of Topliss-reactive ketones (excluding diaryl/α,β-unsaturated/α-hetero) is 1. The molecule has 0 saturated carbocycles. The molecule has 1 fully saturated rings. The maximum absolute atomic E-state index is 11.1. The molecule has 0 spiro atoms. The van der Waals surface area contributed by atoms with Crippen molar-refractivity contribution in [3.05, 3.63) is 17.2 Å². The minimum atomic E-state index is 0.365. The van der Waals surface area contributed by atoms with Crippen LogP contribution in [0.4, 0.5) is 0 Å². The Balaban J connectivity index is 1.97. The van der Waals surface area contributed by atoms with E-state index in [-0.39, 0.29) is 0 Å². The molecule has 5 heteroatoms. The Hall–Kier alpha value is -0.870. The van der Waals surface area contributed by atoms with Gasteiger partial charge in [-0.1, -0.05) is 11.6 Å². The number of carbonyl (C=O) groups excluding carboxylic acids is 1. The number of hydrogen-bond acceptors (Lipinski definition) is 3. The van der Waals surface area contributed by atoms with Crippen molar-refractivity contribution in [2.24, 2.45) is 7.05 Å². The smallest absolute Gasteiger partial charge is 0.135 e. The van der Waals surface area contributed by atoms with Crippen LogP contribution in [0.25, 0.3) is 0 Å². The van der Waals surface area contributed by atoms with E-state index in [4.69, 9.17) is 11.6 Å². The van der Waals surface area contributed by atoms with Gasteiger partial charge in [-0.3, -0.25) is 9.69 Å². The highest BCUT2D eigenvalue weighted by Gasteiger charge is 2.17. The van der Waals surface area contributed by atoms with E-state index in [1.54, 1.807) is 6.20 Å². The Morgan fingerprint density at radius 2 is 2.13 bits per heavy atom. The fourth-order valence-corrected chi connectivity index (χ4v) is 1.88. The maximum atomic E-state index is 11.1. The van der Waals surface area contributed by atoms with Gasteiger partial charge in [0, 0.05) is 33.0 Å². The molecule has 0 amide bonds. The molecular weight excluding hydrogens is 214 g/mol. The standard InChI is InChI=1S/C10H14ClN3O/c1-13-9(11)6-12-10(13)7-14-4-2-8(15)3-5-14/h6H,2-5,7H2,1H3. The maximum Gasteiger partial charge on any atom is 0.135 e. The van der Waals surface area contributed by atoms with Crippen molar-refractivity contribution < 1.29 is 4.79 Å². The summed E-state index contributed by atoms with van der Waals surface area (Å²) in [6.45, 7) is 2.45. The van der Waals surface area contributed by atoms with E-state index in [1.165, 1.54) is 0 Å². The Kier molecular flexibility index (Phi) is 3.07. The molecule has 15 heavy (non-hydrogen) atoms. The van der Waals surface area contributed by atoms with Gasteiger partial charge in [-0.15, -0.1) is 0 Å². The van der Waals surface area contributed by atoms with Crippen LogP contribution in [-0.2, 0) is 18.4 Å². The summed E-state index contributed by atoms with van der Waals surface area (Å²) in [4.78, 5) is 17.5. The van der Waals surface area contributed by atoms with Gasteiger partial charge in [0.25, 0.3) is 0 Å². The normalized spacial score (nSPS) is 18.4. The van der Waals surface area contributed by atoms with Crippen LogP contribution in [0.1, 0.15) is 18.7 Å². The van der Waals surface area contributed by atoms with E-state index in [2.05, 4.69) is 9.88 Å². The van der Waals surface area contributed by atoms with Gasteiger partial charge in [0.2, 0.25) is 0 Å². The van der Waals surface area contributed by atoms with Crippen molar-refractivity contribution in [2.45, 2.75) is 19.4 Å². The predicted molar refractivity (Wildman–Crippen MR) is 57.7 cm³/mol. The number of imidazole rings is 1. The SMILES string of the molecule is Cn1c(Cl)cnc1CN1CCC(=O)CC1. The van der Waals surface area contributed by atoms with Crippen molar-refractivity contribution in [3.63, 3.8) is 0 Å². The summed E-state index contributed by atoms with van der Waals surface area (Å²) in [5.41, 5.74) is 0. The third-order valence-electron chi connectivity index (χ3n) is 2.81. The number of aromatic nitrogens is 2. The van der Waals surface area contributed by atoms with Crippen molar-refractivity contribution in [2.75, 3.05) is 13.1 Å². The zero-order chi connectivity index (χ0) is 10.8. The molecule has 1 aromatic rings. The Bertz CT molecular complexity index is 365. The third-order valence-corrected chi connectivity index (χ3v) is 3.16. The molecule has 82 valence electrons. The van der Waals surface area contributed by atoms with Gasteiger partial charge in [0.1, 0.15) is 16.8 Å². The summed E-state index contributed by atoms with van der Waals surface area (Å²) in [5, 5.41) is 0.651. The van der Waals surface area contributed by atoms with Gasteiger partial charge < -0.3 is 4.57 Å². The minimum absolute atomic E-state index is 0.365. The van der Waals surface area contributed by atoms with Gasteiger partial charge in [0.15, 0.2) is 0 Å². The highest BCUT2D eigenvalue weighted by atomic mass is 35.5. The molecule has 0 aliphatic carbocycles. The molecule has 1 aliphatic heterocycles. The lowest BCUT2D eigenvalue weighted by Gasteiger charge is -2.25. The summed E-state index contributed by atoms with van der Waals surface area (Å²) < 4.78 is 1.87. The van der Waals surface area contributed by atoms with E-state index in [1.807, 2.05) is 11.6 Å². The first-order valence-corrected chi connectivity index (χ1v) is 5.45. The number of piperidine rings is 1. The van der Waals surface area contributed by atoms with Crippen molar-refractivity contribution in [1.82, 2.24) is 14.5 Å². The minimum Gasteiger partial charge on any atom is -0.321 e. The second kappa shape index (κ2) is 4.33. The van der Waals surface area contributed by atoms with Gasteiger partial charge in [-0.25, -0.2) is 4.98 Å². The van der Waals surface area contributed by atoms with Gasteiger partial charge in [-0.05, 0) is 0 Å². The fraction of sp³-hybridized carbons (Fsp3) is 0.600. The molecule has 0 bridgehead atoms. The van der Waals surface area contributed by atoms with Crippen LogP contribution < -0.4 is 0 Å². The van der Waals surface area contributed by atoms with E-state index in [0.29, 0.717) is 23.8 Å². The van der Waals surface area contributed by atoms with Crippen LogP contribution >= 0.6 is 11.6 Å². The molecule has 1 aromatic heterocycles. The van der Waals surface area contributed by atoms with E-state index >= 15 is 0 Å². The first-order chi connectivity index (χ1) is 7.16. The van der Waals surface area contributed by atoms with E-state index in [0.717, 1.165) is 25.5 Å². The molecule has 0 N–H and O–H groups in total. The number of nitrogens with zero attached hydrogens (tertiary/aromatic N) is 3. The molecule has 4 nitrogen and oxygen atoms in total. The lowest BCUT2D eigenvalue weighted by Crippen LogP contribution is -2.34. The Morgan fingerprint density at radius 1 is 1.47 bits per heavy atom. The highest BCUT2D eigenvalue weighted by molar-refractivity contribution is 6.29. The summed E-state index contributed by atoms with van der Waals surface area (Å²) in [6, 6.07) is 0. The van der Waals surface area contributed by atoms with Crippen LogP contribution in [0, 0.1) is 0 Å². The summed E-state index contributed by atoms with van der Waals surface area (Å²) >= 11 is 5.90. The van der Waals surface area contributed by atoms with Crippen LogP contribution in [0.2, 0.25) is 5.15 Å². The van der Waals surface area contributed by atoms with Crippen molar-refractivity contribution >= 4 is 17.4 Å². The molecule has 1 aliphatic rings. The van der Waals surface area contributed by atoms with E-state index in [9.17, 15) is 4.79 Å². The van der Waals surface area contributed by atoms with Crippen LogP contribution in [0.5, 0.6) is 0 Å². The molecular formula is C10H14ClN3O. The zero-order valence-corrected chi connectivity index (χ0v) is 9.50. The summed E-state index contributed by atoms with van der Waals surface area (Å²) in [6.07, 6.45) is 2.99. The topological polar surface area (TPSA) is 38.1 Å². The number of rotatable bonds is 2. The number of hydrogen-bond donors (Lipinski definition) is 0. The number of carbonyl (C=O) groups is 1. The van der Waals surface area contributed by atoms with Crippen LogP contribution in [-0.4, -0.2) is 33.3 Å². The molecule has 2 rings (SSSR count). The second-order valence-electron chi connectivity index (χ2n) is 3.87. The van der Waals surface area contributed by atoms with Crippen molar-refractivity contribution in [1.29, 1.82) is 0 Å². The highest BCUT2D eigenvalue weighted by Crippen LogP contribution is 2.13. The molecule has 1 saturated heterocycles. The molecule has 0 unspecified atom stereocenters. The van der Waals surface area contributed by atoms with Crippen LogP contribution in [0.3, 0.4) is 0 Å². The molecule has 0 radical (unpaired) electrons. The van der Waals surface area contributed by atoms with Gasteiger partial charge >= 0.3 is 0 Å². The quantitative estimate of drug-likeness (QED) is 0.763. The van der Waals surface area contributed by atoms with Crippen molar-refractivity contribution in [3.8, 4) is 0 Å². The Labute approximate surface area is 93.8 Å². The number of ketones is 1. The number of halogens is 1. The largest absolute Gasteiger partial charge is 0.321 e. The average Bonchev–Trinajstić information content (AvgIpc) is 2.53. The monoisotopic (exact) mass is 227 g/mol. The molecule has 0 aromatic carbocycles. The fourth-order valence-electron chi connectivity index (χ4n) is 1.73. The summed E-state index contributed by atoms with van der Waals surface area (Å²) in [7, 11) is 1.90. The molecule has 0 atom stereocenters. The van der Waals surface area contributed by atoms with Gasteiger partial charge in [-0.2, -0.15) is 0 Å². The summed E-state index contributed by atoms with van der Waals surface area (Å²) in [5.74, 6) is 1.32. The van der Waals surface area contributed by atoms with E-state index < -0.39 is 0 Å². The lowest BCUT2D eigenvalue weighted by molar-refractivity contribution is -0.121. The predicted octanol–water partition coefficient (Wildman–Crippen LogP) is 1.24. The van der Waals surface area contributed by atoms with Crippen LogP contribution in [0.15, 0.2) is 6.20 Å². The third kappa shape index (κ3) is 2.38. The first kappa shape index (κ1) is 10.6. The lowest BCUT2D eigenvalue weighted by atomic mass is 10.1. The first-order valence-electron chi connectivity index (χ1n) is 5.07. The zero-order valence-electron chi connectivity index (χ0n) is 8.74. The van der Waals surface area contributed by atoms with Gasteiger partial charge in [0.05, 0.1) is 12.7 Å². The Morgan fingerprint density at radius 3 is 2.67 bits per heavy atom.